The van der Waals surface area contributed by atoms with Gasteiger partial charge in [0.25, 0.3) is 0 Å². The third kappa shape index (κ3) is 2.58. The van der Waals surface area contributed by atoms with Gasteiger partial charge in [-0.05, 0) is 73.4 Å². The molecule has 0 spiro atoms. The lowest BCUT2D eigenvalue weighted by Gasteiger charge is -2.20. The van der Waals surface area contributed by atoms with Gasteiger partial charge in [0.05, 0.1) is 0 Å². The Morgan fingerprint density at radius 2 is 1.75 bits per heavy atom. The summed E-state index contributed by atoms with van der Waals surface area (Å²) in [7, 11) is 0. The fourth-order valence-electron chi connectivity index (χ4n) is 3.14. The molecule has 0 aromatic heterocycles. The molecule has 0 aliphatic heterocycles. The summed E-state index contributed by atoms with van der Waals surface area (Å²) in [5.41, 5.74) is 8.61. The van der Waals surface area contributed by atoms with E-state index in [1.807, 2.05) is 0 Å². The van der Waals surface area contributed by atoms with Crippen molar-refractivity contribution in [3.05, 3.63) is 64.2 Å². The van der Waals surface area contributed by atoms with Crippen molar-refractivity contribution in [1.29, 1.82) is 0 Å². The van der Waals surface area contributed by atoms with Gasteiger partial charge in [-0.2, -0.15) is 0 Å². The van der Waals surface area contributed by atoms with Gasteiger partial charge < -0.3 is 5.32 Å². The fraction of sp³-hybridized carbons (Fsp3) is 0.368. The predicted octanol–water partition coefficient (Wildman–Crippen LogP) is 4.79. The van der Waals surface area contributed by atoms with Gasteiger partial charge in [-0.25, -0.2) is 0 Å². The first-order valence-corrected chi connectivity index (χ1v) is 7.65. The quantitative estimate of drug-likeness (QED) is 0.841. The zero-order valence-electron chi connectivity index (χ0n) is 12.5. The van der Waals surface area contributed by atoms with Crippen LogP contribution in [0.3, 0.4) is 0 Å². The van der Waals surface area contributed by atoms with Crippen LogP contribution in [0.4, 0.5) is 5.69 Å². The van der Waals surface area contributed by atoms with E-state index >= 15 is 0 Å². The van der Waals surface area contributed by atoms with Gasteiger partial charge in [0.1, 0.15) is 0 Å². The lowest BCUT2D eigenvalue weighted by atomic mass is 9.90. The molecule has 2 aromatic carbocycles. The van der Waals surface area contributed by atoms with Crippen LogP contribution in [-0.4, -0.2) is 0 Å². The van der Waals surface area contributed by atoms with Crippen LogP contribution in [0.2, 0.25) is 0 Å². The summed E-state index contributed by atoms with van der Waals surface area (Å²) in [6.07, 6.45) is 5.14. The number of fused-ring (bicyclic) bond motifs is 1. The standard InChI is InChI=1S/C19H23N/c1-14-7-5-10-17(15(14)2)13-20-19-12-6-9-16-8-3-4-11-18(16)19/h5-7,9-10,12,20H,3-4,8,11,13H2,1-2H3. The number of aryl methyl sites for hydroxylation is 2. The molecule has 1 heteroatoms. The minimum Gasteiger partial charge on any atom is -0.381 e. The van der Waals surface area contributed by atoms with Crippen LogP contribution < -0.4 is 5.32 Å². The highest BCUT2D eigenvalue weighted by Gasteiger charge is 2.12. The van der Waals surface area contributed by atoms with Gasteiger partial charge in [-0.15, -0.1) is 0 Å². The monoisotopic (exact) mass is 265 g/mol. The summed E-state index contributed by atoms with van der Waals surface area (Å²) in [6, 6.07) is 13.3. The van der Waals surface area contributed by atoms with Gasteiger partial charge in [-0.1, -0.05) is 30.3 Å². The van der Waals surface area contributed by atoms with Gasteiger partial charge >= 0.3 is 0 Å². The molecule has 20 heavy (non-hydrogen) atoms. The number of hydrogen-bond donors (Lipinski definition) is 1. The lowest BCUT2D eigenvalue weighted by molar-refractivity contribution is 0.686. The summed E-state index contributed by atoms with van der Waals surface area (Å²) < 4.78 is 0. The molecule has 2 aromatic rings. The van der Waals surface area contributed by atoms with E-state index in [0.29, 0.717) is 0 Å². The molecular formula is C19H23N. The number of benzene rings is 2. The molecule has 0 saturated carbocycles. The molecule has 104 valence electrons. The molecule has 1 nitrogen and oxygen atoms in total. The third-order valence-corrected chi connectivity index (χ3v) is 4.58. The molecular weight excluding hydrogens is 242 g/mol. The van der Waals surface area contributed by atoms with Crippen LogP contribution in [0.5, 0.6) is 0 Å². The molecule has 0 fully saturated rings. The van der Waals surface area contributed by atoms with Crippen molar-refractivity contribution in [1.82, 2.24) is 0 Å². The molecule has 0 atom stereocenters. The summed E-state index contributed by atoms with van der Waals surface area (Å²) in [5, 5.41) is 3.66. The number of nitrogens with one attached hydrogen (secondary N) is 1. The van der Waals surface area contributed by atoms with E-state index in [1.54, 1.807) is 11.1 Å². The van der Waals surface area contributed by atoms with E-state index in [4.69, 9.17) is 0 Å². The molecule has 0 heterocycles. The normalized spacial score (nSPS) is 13.9. The average Bonchev–Trinajstić information content (AvgIpc) is 2.49. The zero-order chi connectivity index (χ0) is 13.9. The SMILES string of the molecule is Cc1cccc(CNc2cccc3c2CCCC3)c1C. The molecule has 1 aliphatic carbocycles. The Bertz CT molecular complexity index is 613. The maximum atomic E-state index is 3.66. The Labute approximate surface area is 122 Å². The first-order valence-electron chi connectivity index (χ1n) is 7.65. The summed E-state index contributed by atoms with van der Waals surface area (Å²) in [6.45, 7) is 5.32. The Hall–Kier alpha value is -1.76. The minimum absolute atomic E-state index is 0.921. The smallest absolute Gasteiger partial charge is 0.0403 e. The molecule has 0 unspecified atom stereocenters. The Morgan fingerprint density at radius 1 is 0.950 bits per heavy atom. The van der Waals surface area contributed by atoms with E-state index in [1.165, 1.54) is 48.1 Å². The van der Waals surface area contributed by atoms with Crippen molar-refractivity contribution in [2.45, 2.75) is 46.1 Å². The number of anilines is 1. The Balaban J connectivity index is 1.80. The van der Waals surface area contributed by atoms with E-state index in [0.717, 1.165) is 6.54 Å². The summed E-state index contributed by atoms with van der Waals surface area (Å²) in [5.74, 6) is 0. The van der Waals surface area contributed by atoms with Gasteiger partial charge in [0.2, 0.25) is 0 Å². The van der Waals surface area contributed by atoms with Gasteiger partial charge in [-0.3, -0.25) is 0 Å². The van der Waals surface area contributed by atoms with Crippen LogP contribution >= 0.6 is 0 Å². The summed E-state index contributed by atoms with van der Waals surface area (Å²) in [4.78, 5) is 0. The van der Waals surface area contributed by atoms with Crippen molar-refractivity contribution in [3.8, 4) is 0 Å². The lowest BCUT2D eigenvalue weighted by Crippen LogP contribution is -2.09. The highest BCUT2D eigenvalue weighted by atomic mass is 14.9. The molecule has 3 rings (SSSR count). The third-order valence-electron chi connectivity index (χ3n) is 4.58. The first-order chi connectivity index (χ1) is 9.75. The van der Waals surface area contributed by atoms with Crippen LogP contribution in [0.1, 0.15) is 40.7 Å². The Kier molecular flexibility index (Phi) is 3.77. The van der Waals surface area contributed by atoms with E-state index < -0.39 is 0 Å². The van der Waals surface area contributed by atoms with E-state index in [2.05, 4.69) is 55.6 Å². The maximum Gasteiger partial charge on any atom is 0.0403 e. The molecule has 0 bridgehead atoms. The van der Waals surface area contributed by atoms with Crippen LogP contribution in [0.15, 0.2) is 36.4 Å². The van der Waals surface area contributed by atoms with Crippen molar-refractivity contribution in [3.63, 3.8) is 0 Å². The Morgan fingerprint density at radius 3 is 2.65 bits per heavy atom. The average molecular weight is 265 g/mol. The molecule has 1 N–H and O–H groups in total. The fourth-order valence-corrected chi connectivity index (χ4v) is 3.14. The molecule has 0 amide bonds. The van der Waals surface area contributed by atoms with Crippen LogP contribution in [0, 0.1) is 13.8 Å². The molecule has 0 saturated heterocycles. The first kappa shape index (κ1) is 13.2. The second-order valence-electron chi connectivity index (χ2n) is 5.86. The van der Waals surface area contributed by atoms with Gasteiger partial charge in [0, 0.05) is 12.2 Å². The second kappa shape index (κ2) is 5.70. The summed E-state index contributed by atoms with van der Waals surface area (Å²) >= 11 is 0. The molecule has 0 radical (unpaired) electrons. The highest BCUT2D eigenvalue weighted by Crippen LogP contribution is 2.28. The van der Waals surface area contributed by atoms with Crippen molar-refractivity contribution in [2.24, 2.45) is 0 Å². The number of hydrogen-bond acceptors (Lipinski definition) is 1. The van der Waals surface area contributed by atoms with Crippen molar-refractivity contribution in [2.75, 3.05) is 5.32 Å². The van der Waals surface area contributed by atoms with Crippen LogP contribution in [-0.2, 0) is 19.4 Å². The van der Waals surface area contributed by atoms with Crippen molar-refractivity contribution < 1.29 is 0 Å². The topological polar surface area (TPSA) is 12.0 Å². The predicted molar refractivity (Wildman–Crippen MR) is 86.3 cm³/mol. The minimum atomic E-state index is 0.921. The van der Waals surface area contributed by atoms with Crippen LogP contribution in [0.25, 0.3) is 0 Å². The van der Waals surface area contributed by atoms with Crippen molar-refractivity contribution >= 4 is 5.69 Å². The zero-order valence-corrected chi connectivity index (χ0v) is 12.5. The van der Waals surface area contributed by atoms with Gasteiger partial charge in [0.15, 0.2) is 0 Å². The maximum absolute atomic E-state index is 3.66. The highest BCUT2D eigenvalue weighted by molar-refractivity contribution is 5.56. The second-order valence-corrected chi connectivity index (χ2v) is 5.86. The number of rotatable bonds is 3. The van der Waals surface area contributed by atoms with E-state index in [-0.39, 0.29) is 0 Å². The molecule has 1 aliphatic rings. The largest absolute Gasteiger partial charge is 0.381 e. The van der Waals surface area contributed by atoms with E-state index in [9.17, 15) is 0 Å².